The number of benzene rings is 2. The Hall–Kier alpha value is -2.26. The van der Waals surface area contributed by atoms with E-state index in [1.165, 1.54) is 0 Å². The molecule has 0 radical (unpaired) electrons. The third kappa shape index (κ3) is 2.21. The number of hydrogen-bond acceptors (Lipinski definition) is 0. The van der Waals surface area contributed by atoms with Gasteiger partial charge in [0.05, 0.1) is 0 Å². The minimum atomic E-state index is 1.09. The van der Waals surface area contributed by atoms with E-state index in [0.29, 0.717) is 0 Å². The Labute approximate surface area is 96.3 Å². The van der Waals surface area contributed by atoms with E-state index in [9.17, 15) is 0 Å². The molecule has 2 rings (SSSR count). The second kappa shape index (κ2) is 5.00. The van der Waals surface area contributed by atoms with Gasteiger partial charge in [-0.15, -0.1) is 6.42 Å². The van der Waals surface area contributed by atoms with Gasteiger partial charge in [-0.1, -0.05) is 66.6 Å². The monoisotopic (exact) mass is 204 g/mol. The van der Waals surface area contributed by atoms with Gasteiger partial charge in [0, 0.05) is 0 Å². The molecule has 0 atom stereocenters. The number of terminal acetylenes is 1. The topological polar surface area (TPSA) is 0 Å². The normalized spacial score (nSPS) is 9.19. The van der Waals surface area contributed by atoms with Crippen LogP contribution in [0, 0.1) is 12.3 Å². The van der Waals surface area contributed by atoms with Gasteiger partial charge in [-0.2, -0.15) is 0 Å². The van der Waals surface area contributed by atoms with E-state index in [4.69, 9.17) is 6.42 Å². The van der Waals surface area contributed by atoms with Crippen molar-refractivity contribution < 1.29 is 0 Å². The molecular formula is C16H12. The summed E-state index contributed by atoms with van der Waals surface area (Å²) in [6, 6.07) is 20.3. The van der Waals surface area contributed by atoms with Gasteiger partial charge in [-0.05, 0) is 22.8 Å². The van der Waals surface area contributed by atoms with E-state index in [1.54, 1.807) is 0 Å². The standard InChI is InChI=1S/C16H12/c1-2-9-16(14-10-5-3-6-11-14)15-12-7-4-8-13-15/h1,3-13H. The summed E-state index contributed by atoms with van der Waals surface area (Å²) in [7, 11) is 0. The summed E-state index contributed by atoms with van der Waals surface area (Å²) < 4.78 is 0. The van der Waals surface area contributed by atoms with Crippen molar-refractivity contribution in [2.24, 2.45) is 0 Å². The molecule has 0 saturated heterocycles. The van der Waals surface area contributed by atoms with Crippen LogP contribution in [-0.2, 0) is 0 Å². The summed E-state index contributed by atoms with van der Waals surface area (Å²) in [6.07, 6.45) is 7.19. The highest BCUT2D eigenvalue weighted by molar-refractivity contribution is 5.81. The van der Waals surface area contributed by atoms with Gasteiger partial charge in [0.15, 0.2) is 0 Å². The quantitative estimate of drug-likeness (QED) is 0.653. The van der Waals surface area contributed by atoms with E-state index in [1.807, 2.05) is 42.5 Å². The molecule has 2 aromatic carbocycles. The number of rotatable bonds is 2. The van der Waals surface area contributed by atoms with Crippen LogP contribution in [0.15, 0.2) is 66.7 Å². The summed E-state index contributed by atoms with van der Waals surface area (Å²) in [5, 5.41) is 0. The minimum Gasteiger partial charge on any atom is -0.115 e. The lowest BCUT2D eigenvalue weighted by Crippen LogP contribution is -1.86. The highest BCUT2D eigenvalue weighted by Crippen LogP contribution is 2.22. The number of allylic oxidation sites excluding steroid dienone is 1. The van der Waals surface area contributed by atoms with Crippen molar-refractivity contribution in [3.8, 4) is 12.3 Å². The van der Waals surface area contributed by atoms with Crippen molar-refractivity contribution in [2.45, 2.75) is 0 Å². The van der Waals surface area contributed by atoms with Crippen LogP contribution in [0.25, 0.3) is 5.57 Å². The zero-order valence-electron chi connectivity index (χ0n) is 8.93. The Bertz CT molecular complexity index is 471. The molecule has 0 aromatic heterocycles. The highest BCUT2D eigenvalue weighted by atomic mass is 14.1. The smallest absolute Gasteiger partial charge is 0.00279 e. The van der Waals surface area contributed by atoms with Crippen molar-refractivity contribution in [2.75, 3.05) is 0 Å². The van der Waals surface area contributed by atoms with Crippen LogP contribution in [0.5, 0.6) is 0 Å². The molecule has 0 nitrogen and oxygen atoms in total. The van der Waals surface area contributed by atoms with Crippen LogP contribution < -0.4 is 0 Å². The first-order chi connectivity index (χ1) is 7.92. The first kappa shape index (κ1) is 10.3. The lowest BCUT2D eigenvalue weighted by Gasteiger charge is -2.06. The van der Waals surface area contributed by atoms with Crippen molar-refractivity contribution in [1.29, 1.82) is 0 Å². The molecule has 0 spiro atoms. The molecule has 0 saturated carbocycles. The first-order valence-electron chi connectivity index (χ1n) is 5.19. The highest BCUT2D eigenvalue weighted by Gasteiger charge is 2.02. The summed E-state index contributed by atoms with van der Waals surface area (Å²) >= 11 is 0. The van der Waals surface area contributed by atoms with Crippen LogP contribution >= 0.6 is 0 Å². The molecule has 76 valence electrons. The third-order valence-electron chi connectivity index (χ3n) is 2.40. The molecule has 2 aromatic rings. The second-order valence-electron chi connectivity index (χ2n) is 3.46. The van der Waals surface area contributed by atoms with Gasteiger partial charge in [-0.25, -0.2) is 0 Å². The molecule has 0 aliphatic carbocycles. The van der Waals surface area contributed by atoms with Crippen LogP contribution in [-0.4, -0.2) is 0 Å². The fourth-order valence-electron chi connectivity index (χ4n) is 1.65. The minimum absolute atomic E-state index is 1.09. The fourth-order valence-corrected chi connectivity index (χ4v) is 1.65. The van der Waals surface area contributed by atoms with Gasteiger partial charge in [0.25, 0.3) is 0 Å². The Morgan fingerprint density at radius 3 is 1.62 bits per heavy atom. The van der Waals surface area contributed by atoms with Gasteiger partial charge in [-0.3, -0.25) is 0 Å². The summed E-state index contributed by atoms with van der Waals surface area (Å²) in [6.45, 7) is 0. The third-order valence-corrected chi connectivity index (χ3v) is 2.40. The van der Waals surface area contributed by atoms with Crippen molar-refractivity contribution >= 4 is 5.57 Å². The van der Waals surface area contributed by atoms with Crippen LogP contribution in [0.3, 0.4) is 0 Å². The van der Waals surface area contributed by atoms with Gasteiger partial charge in [0.1, 0.15) is 0 Å². The largest absolute Gasteiger partial charge is 0.115 e. The summed E-state index contributed by atoms with van der Waals surface area (Å²) in [4.78, 5) is 0. The zero-order chi connectivity index (χ0) is 11.2. The van der Waals surface area contributed by atoms with Gasteiger partial charge >= 0.3 is 0 Å². The Morgan fingerprint density at radius 2 is 1.25 bits per heavy atom. The molecule has 0 aliphatic rings. The zero-order valence-corrected chi connectivity index (χ0v) is 8.93. The molecule has 0 fully saturated rings. The van der Waals surface area contributed by atoms with Crippen LogP contribution in [0.4, 0.5) is 0 Å². The molecule has 0 aliphatic heterocycles. The van der Waals surface area contributed by atoms with Crippen LogP contribution in [0.1, 0.15) is 11.1 Å². The molecule has 0 unspecified atom stereocenters. The Kier molecular flexibility index (Phi) is 3.21. The molecule has 16 heavy (non-hydrogen) atoms. The lowest BCUT2D eigenvalue weighted by atomic mass is 9.98. The van der Waals surface area contributed by atoms with E-state index < -0.39 is 0 Å². The molecule has 0 heterocycles. The predicted octanol–water partition coefficient (Wildman–Crippen LogP) is 3.75. The van der Waals surface area contributed by atoms with Gasteiger partial charge < -0.3 is 0 Å². The molecule has 0 bridgehead atoms. The van der Waals surface area contributed by atoms with E-state index >= 15 is 0 Å². The van der Waals surface area contributed by atoms with Crippen molar-refractivity contribution in [1.82, 2.24) is 0 Å². The Morgan fingerprint density at radius 1 is 0.812 bits per heavy atom. The molecular weight excluding hydrogens is 192 g/mol. The lowest BCUT2D eigenvalue weighted by molar-refractivity contribution is 1.55. The van der Waals surface area contributed by atoms with E-state index in [2.05, 4.69) is 30.2 Å². The molecule has 0 heteroatoms. The predicted molar refractivity (Wildman–Crippen MR) is 68.8 cm³/mol. The molecule has 0 N–H and O–H groups in total. The summed E-state index contributed by atoms with van der Waals surface area (Å²) in [5.74, 6) is 2.60. The van der Waals surface area contributed by atoms with Crippen LogP contribution in [0.2, 0.25) is 0 Å². The maximum atomic E-state index is 5.38. The van der Waals surface area contributed by atoms with E-state index in [-0.39, 0.29) is 0 Å². The maximum absolute atomic E-state index is 5.38. The van der Waals surface area contributed by atoms with Crippen molar-refractivity contribution in [3.63, 3.8) is 0 Å². The average Bonchev–Trinajstić information content (AvgIpc) is 2.38. The second-order valence-corrected chi connectivity index (χ2v) is 3.46. The fraction of sp³-hybridized carbons (Fsp3) is 0. The number of hydrogen-bond donors (Lipinski definition) is 0. The SMILES string of the molecule is C#CC=C(c1ccccc1)c1ccccc1. The van der Waals surface area contributed by atoms with Gasteiger partial charge in [0.2, 0.25) is 0 Å². The summed E-state index contributed by atoms with van der Waals surface area (Å²) in [5.41, 5.74) is 3.38. The first-order valence-corrected chi connectivity index (χ1v) is 5.19. The average molecular weight is 204 g/mol. The van der Waals surface area contributed by atoms with E-state index in [0.717, 1.165) is 16.7 Å². The Balaban J connectivity index is 2.50. The maximum Gasteiger partial charge on any atom is -0.00279 e. The molecule has 0 amide bonds. The van der Waals surface area contributed by atoms with Crippen molar-refractivity contribution in [3.05, 3.63) is 77.9 Å².